The molecule has 0 atom stereocenters. The van der Waals surface area contributed by atoms with Crippen molar-refractivity contribution in [3.63, 3.8) is 0 Å². The van der Waals surface area contributed by atoms with Crippen molar-refractivity contribution in [2.75, 3.05) is 53.5 Å². The molecule has 0 aliphatic carbocycles. The lowest BCUT2D eigenvalue weighted by molar-refractivity contribution is 0.133. The van der Waals surface area contributed by atoms with Gasteiger partial charge in [-0.1, -0.05) is 0 Å². The Labute approximate surface area is 197 Å². The van der Waals surface area contributed by atoms with Crippen LogP contribution in [0.15, 0.2) is 27.8 Å². The molecule has 1 saturated heterocycles. The number of benzene rings is 1. The van der Waals surface area contributed by atoms with Crippen LogP contribution in [0, 0.1) is 0 Å². The van der Waals surface area contributed by atoms with E-state index in [4.69, 9.17) is 9.47 Å². The second-order valence-electron chi connectivity index (χ2n) is 8.76. The Hall–Kier alpha value is -3.31. The number of hydrogen-bond acceptors (Lipinski definition) is 9. The summed E-state index contributed by atoms with van der Waals surface area (Å²) in [5, 5.41) is 4.57. The Morgan fingerprint density at radius 1 is 1.03 bits per heavy atom. The van der Waals surface area contributed by atoms with Crippen LogP contribution >= 0.6 is 0 Å². The Morgan fingerprint density at radius 2 is 1.76 bits per heavy atom. The fourth-order valence-electron chi connectivity index (χ4n) is 3.86. The topological polar surface area (TPSA) is 108 Å². The lowest BCUT2D eigenvalue weighted by Crippen LogP contribution is -2.45. The number of aromatic nitrogens is 5. The average Bonchev–Trinajstić information content (AvgIpc) is 2.83. The number of ether oxygens (including phenoxy) is 2. The standard InChI is InChI=1S/C23H31N7O4/c1-15(2)30-21-19(22(31)28(4)23(32)25-21)24-20(26-30)16-6-7-17(18(14-16)33-5)34-13-12-29-10-8-27(3)9-11-29/h6-7,14-15H,8-13H2,1-5H3. The van der Waals surface area contributed by atoms with Crippen molar-refractivity contribution < 1.29 is 9.47 Å². The smallest absolute Gasteiger partial charge is 0.352 e. The van der Waals surface area contributed by atoms with E-state index in [0.717, 1.165) is 37.3 Å². The summed E-state index contributed by atoms with van der Waals surface area (Å²) in [6.07, 6.45) is 0. The number of rotatable bonds is 7. The molecule has 0 radical (unpaired) electrons. The molecule has 1 fully saturated rings. The lowest BCUT2D eigenvalue weighted by atomic mass is 10.2. The van der Waals surface area contributed by atoms with Gasteiger partial charge < -0.3 is 14.4 Å². The molecule has 0 spiro atoms. The van der Waals surface area contributed by atoms with Gasteiger partial charge in [0.25, 0.3) is 5.56 Å². The third-order valence-electron chi connectivity index (χ3n) is 6.02. The molecule has 0 unspecified atom stereocenters. The maximum atomic E-state index is 12.7. The third kappa shape index (κ3) is 4.80. The lowest BCUT2D eigenvalue weighted by Gasteiger charge is -2.32. The van der Waals surface area contributed by atoms with Crippen LogP contribution in [0.4, 0.5) is 0 Å². The molecule has 0 amide bonds. The molecule has 0 bridgehead atoms. The number of fused-ring (bicyclic) bond motifs is 1. The van der Waals surface area contributed by atoms with Gasteiger partial charge >= 0.3 is 5.69 Å². The molecule has 4 rings (SSSR count). The molecule has 1 aromatic rings. The van der Waals surface area contributed by atoms with Gasteiger partial charge in [-0.25, -0.2) is 14.5 Å². The van der Waals surface area contributed by atoms with Crippen LogP contribution in [0.5, 0.6) is 11.5 Å². The van der Waals surface area contributed by atoms with Crippen LogP contribution in [-0.2, 0) is 7.05 Å². The number of piperazine rings is 1. The van der Waals surface area contributed by atoms with E-state index in [1.165, 1.54) is 7.05 Å². The first-order chi connectivity index (χ1) is 16.3. The maximum absolute atomic E-state index is 12.7. The van der Waals surface area contributed by atoms with Gasteiger partial charge in [-0.15, -0.1) is 0 Å². The normalized spacial score (nSPS) is 15.2. The van der Waals surface area contributed by atoms with Gasteiger partial charge in [0.05, 0.1) is 7.11 Å². The SMILES string of the molecule is COc1cc(-c2nc3c(=O)n(C)c(=O)nc-3n(C(C)C)n2)ccc1OCCN1CCN(C)CC1. The van der Waals surface area contributed by atoms with E-state index >= 15 is 0 Å². The predicted molar refractivity (Wildman–Crippen MR) is 128 cm³/mol. The molecule has 0 N–H and O–H groups in total. The molecule has 0 aromatic heterocycles. The molecule has 182 valence electrons. The van der Waals surface area contributed by atoms with Crippen molar-refractivity contribution in [2.24, 2.45) is 7.05 Å². The summed E-state index contributed by atoms with van der Waals surface area (Å²) in [5.74, 6) is 1.69. The van der Waals surface area contributed by atoms with Crippen LogP contribution in [0.25, 0.3) is 22.9 Å². The van der Waals surface area contributed by atoms with Crippen LogP contribution in [0.1, 0.15) is 19.9 Å². The molecule has 3 aliphatic rings. The van der Waals surface area contributed by atoms with Gasteiger partial charge in [-0.05, 0) is 39.1 Å². The van der Waals surface area contributed by atoms with Crippen LogP contribution in [0.2, 0.25) is 0 Å². The zero-order chi connectivity index (χ0) is 24.4. The maximum Gasteiger partial charge on any atom is 0.352 e. The Morgan fingerprint density at radius 3 is 2.44 bits per heavy atom. The van der Waals surface area contributed by atoms with Crippen molar-refractivity contribution in [2.45, 2.75) is 19.9 Å². The van der Waals surface area contributed by atoms with E-state index < -0.39 is 11.2 Å². The first-order valence-corrected chi connectivity index (χ1v) is 11.4. The molecule has 3 aliphatic heterocycles. The fourth-order valence-corrected chi connectivity index (χ4v) is 3.86. The van der Waals surface area contributed by atoms with Crippen molar-refractivity contribution in [3.8, 4) is 34.4 Å². The molecule has 3 heterocycles. The molecular weight excluding hydrogens is 438 g/mol. The van der Waals surface area contributed by atoms with E-state index in [-0.39, 0.29) is 17.6 Å². The zero-order valence-corrected chi connectivity index (χ0v) is 20.3. The summed E-state index contributed by atoms with van der Waals surface area (Å²) in [6, 6.07) is 5.31. The minimum absolute atomic E-state index is 0.0901. The van der Waals surface area contributed by atoms with Gasteiger partial charge in [0.15, 0.2) is 28.8 Å². The second kappa shape index (κ2) is 9.90. The molecule has 11 heteroatoms. The minimum atomic E-state index is -0.636. The predicted octanol–water partition coefficient (Wildman–Crippen LogP) is 0.720. The Kier molecular flexibility index (Phi) is 6.94. The van der Waals surface area contributed by atoms with Gasteiger partial charge in [0.2, 0.25) is 0 Å². The fraction of sp³-hybridized carbons (Fsp3) is 0.522. The molecule has 0 saturated carbocycles. The highest BCUT2D eigenvalue weighted by molar-refractivity contribution is 5.63. The zero-order valence-electron chi connectivity index (χ0n) is 20.3. The molecular formula is C23H31N7O4. The van der Waals surface area contributed by atoms with Gasteiger partial charge in [-0.3, -0.25) is 14.3 Å². The summed E-state index contributed by atoms with van der Waals surface area (Å²) >= 11 is 0. The van der Waals surface area contributed by atoms with E-state index in [2.05, 4.69) is 31.9 Å². The van der Waals surface area contributed by atoms with Gasteiger partial charge in [-0.2, -0.15) is 10.1 Å². The van der Waals surface area contributed by atoms with Crippen LogP contribution < -0.4 is 20.7 Å². The highest BCUT2D eigenvalue weighted by Crippen LogP contribution is 2.32. The van der Waals surface area contributed by atoms with Crippen molar-refractivity contribution in [1.29, 1.82) is 0 Å². The van der Waals surface area contributed by atoms with Gasteiger partial charge in [0.1, 0.15) is 6.61 Å². The molecule has 11 nitrogen and oxygen atoms in total. The van der Waals surface area contributed by atoms with Crippen molar-refractivity contribution in [1.82, 2.24) is 34.1 Å². The summed E-state index contributed by atoms with van der Waals surface area (Å²) in [4.78, 5) is 37.9. The van der Waals surface area contributed by atoms with Crippen LogP contribution in [-0.4, -0.2) is 87.6 Å². The minimum Gasteiger partial charge on any atom is -0.493 e. The summed E-state index contributed by atoms with van der Waals surface area (Å²) in [7, 11) is 5.10. The third-order valence-corrected chi connectivity index (χ3v) is 6.02. The monoisotopic (exact) mass is 469 g/mol. The highest BCUT2D eigenvalue weighted by atomic mass is 16.5. The Balaban J connectivity index is 1.62. The summed E-state index contributed by atoms with van der Waals surface area (Å²) < 4.78 is 14.1. The van der Waals surface area contributed by atoms with E-state index in [9.17, 15) is 9.59 Å². The number of hydrogen-bond donors (Lipinski definition) is 0. The van der Waals surface area contributed by atoms with Gasteiger partial charge in [0, 0.05) is 51.4 Å². The number of methoxy groups -OCH3 is 1. The first kappa shape index (κ1) is 23.8. The van der Waals surface area contributed by atoms with Crippen molar-refractivity contribution >= 4 is 0 Å². The van der Waals surface area contributed by atoms with Crippen LogP contribution in [0.3, 0.4) is 0 Å². The largest absolute Gasteiger partial charge is 0.493 e. The molecule has 1 aromatic carbocycles. The summed E-state index contributed by atoms with van der Waals surface area (Å²) in [6.45, 7) is 9.40. The van der Waals surface area contributed by atoms with E-state index in [1.54, 1.807) is 17.9 Å². The first-order valence-electron chi connectivity index (χ1n) is 11.4. The van der Waals surface area contributed by atoms with Crippen molar-refractivity contribution in [3.05, 3.63) is 39.0 Å². The highest BCUT2D eigenvalue weighted by Gasteiger charge is 2.23. The number of nitrogens with zero attached hydrogens (tertiary/aromatic N) is 7. The van der Waals surface area contributed by atoms with E-state index in [1.807, 2.05) is 26.0 Å². The second-order valence-corrected chi connectivity index (χ2v) is 8.76. The average molecular weight is 470 g/mol. The number of likely N-dealkylation sites (N-methyl/N-ethyl adjacent to an activating group) is 1. The molecule has 34 heavy (non-hydrogen) atoms. The quantitative estimate of drug-likeness (QED) is 0.495. The van der Waals surface area contributed by atoms with E-state index in [0.29, 0.717) is 29.5 Å². The Bertz CT molecular complexity index is 1240. The summed E-state index contributed by atoms with van der Waals surface area (Å²) in [5.41, 5.74) is -0.396.